The number of hydrogen-bond acceptors (Lipinski definition) is 4. The van der Waals surface area contributed by atoms with Gasteiger partial charge in [0, 0.05) is 23.9 Å². The molecule has 80 valence electrons. The van der Waals surface area contributed by atoms with E-state index in [0.717, 1.165) is 34.4 Å². The molecule has 0 aliphatic carbocycles. The molecular weight excluding hydrogens is 210 g/mol. The van der Waals surface area contributed by atoms with E-state index in [1.54, 1.807) is 26.0 Å². The van der Waals surface area contributed by atoms with Gasteiger partial charge in [-0.1, -0.05) is 0 Å². The minimum Gasteiger partial charge on any atom is -0.497 e. The zero-order chi connectivity index (χ0) is 10.7. The van der Waals surface area contributed by atoms with Crippen molar-refractivity contribution in [3.63, 3.8) is 0 Å². The Labute approximate surface area is 93.5 Å². The van der Waals surface area contributed by atoms with Crippen molar-refractivity contribution >= 4 is 16.8 Å². The van der Waals surface area contributed by atoms with Gasteiger partial charge in [0.2, 0.25) is 0 Å². The van der Waals surface area contributed by atoms with Gasteiger partial charge < -0.3 is 9.47 Å². The second-order valence-corrected chi connectivity index (χ2v) is 4.19. The third-order valence-electron chi connectivity index (χ3n) is 2.22. The van der Waals surface area contributed by atoms with Crippen LogP contribution < -0.4 is 9.47 Å². The van der Waals surface area contributed by atoms with E-state index in [-0.39, 0.29) is 0 Å². The Hall–Kier alpha value is -1.16. The number of aliphatic imine (C=N–C) groups is 1. The van der Waals surface area contributed by atoms with E-state index in [4.69, 9.17) is 9.47 Å². The first-order valence-corrected chi connectivity index (χ1v) is 5.73. The van der Waals surface area contributed by atoms with Crippen molar-refractivity contribution in [3.05, 3.63) is 23.8 Å². The van der Waals surface area contributed by atoms with E-state index >= 15 is 0 Å². The van der Waals surface area contributed by atoms with Crippen LogP contribution in [-0.4, -0.2) is 31.6 Å². The lowest BCUT2D eigenvalue weighted by molar-refractivity contribution is 0.394. The van der Waals surface area contributed by atoms with E-state index in [0.29, 0.717) is 0 Å². The summed E-state index contributed by atoms with van der Waals surface area (Å²) in [5, 5.41) is 1.06. The summed E-state index contributed by atoms with van der Waals surface area (Å²) in [5.74, 6) is 2.69. The molecule has 1 heterocycles. The molecule has 1 aromatic rings. The summed E-state index contributed by atoms with van der Waals surface area (Å²) in [5.41, 5.74) is 1.06. The molecule has 0 N–H and O–H groups in total. The van der Waals surface area contributed by atoms with Gasteiger partial charge in [0.05, 0.1) is 14.2 Å². The number of thioether (sulfide) groups is 1. The molecule has 3 nitrogen and oxygen atoms in total. The second kappa shape index (κ2) is 4.57. The summed E-state index contributed by atoms with van der Waals surface area (Å²) >= 11 is 1.77. The molecule has 0 amide bonds. The Kier molecular flexibility index (Phi) is 3.16. The fraction of sp³-hybridized carbons (Fsp3) is 0.364. The number of benzene rings is 1. The Morgan fingerprint density at radius 1 is 1.27 bits per heavy atom. The summed E-state index contributed by atoms with van der Waals surface area (Å²) < 4.78 is 10.5. The third-order valence-corrected chi connectivity index (χ3v) is 3.23. The first kappa shape index (κ1) is 10.4. The smallest absolute Gasteiger partial charge is 0.132 e. The minimum absolute atomic E-state index is 0.805. The van der Waals surface area contributed by atoms with Gasteiger partial charge >= 0.3 is 0 Å². The standard InChI is InChI=1S/C11H13NO2S/c1-13-8-3-4-9(10(7-8)14-2)11-12-5-6-15-11/h3-4,7H,5-6H2,1-2H3. The minimum atomic E-state index is 0.805. The van der Waals surface area contributed by atoms with Crippen LogP contribution in [0.5, 0.6) is 11.5 Å². The van der Waals surface area contributed by atoms with Crippen LogP contribution in [0.15, 0.2) is 23.2 Å². The lowest BCUT2D eigenvalue weighted by Gasteiger charge is -2.09. The molecule has 0 bridgehead atoms. The molecule has 0 saturated heterocycles. The Balaban J connectivity index is 2.38. The second-order valence-electron chi connectivity index (χ2n) is 3.10. The predicted molar refractivity (Wildman–Crippen MR) is 63.4 cm³/mol. The van der Waals surface area contributed by atoms with Crippen molar-refractivity contribution in [3.8, 4) is 11.5 Å². The lowest BCUT2D eigenvalue weighted by atomic mass is 10.2. The quantitative estimate of drug-likeness (QED) is 0.787. The Morgan fingerprint density at radius 3 is 2.73 bits per heavy atom. The molecule has 1 aromatic carbocycles. The number of hydrogen-bond donors (Lipinski definition) is 0. The van der Waals surface area contributed by atoms with Crippen LogP contribution in [0.3, 0.4) is 0 Å². The van der Waals surface area contributed by atoms with Crippen molar-refractivity contribution in [1.29, 1.82) is 0 Å². The summed E-state index contributed by atoms with van der Waals surface area (Å²) in [7, 11) is 3.31. The zero-order valence-electron chi connectivity index (χ0n) is 8.82. The summed E-state index contributed by atoms with van der Waals surface area (Å²) in [6, 6.07) is 5.81. The van der Waals surface area contributed by atoms with E-state index in [9.17, 15) is 0 Å². The van der Waals surface area contributed by atoms with E-state index < -0.39 is 0 Å². The molecule has 0 saturated carbocycles. The van der Waals surface area contributed by atoms with Crippen LogP contribution in [0.25, 0.3) is 0 Å². The molecular formula is C11H13NO2S. The van der Waals surface area contributed by atoms with E-state index in [1.807, 2.05) is 18.2 Å². The van der Waals surface area contributed by atoms with Gasteiger partial charge in [0.15, 0.2) is 0 Å². The highest BCUT2D eigenvalue weighted by molar-refractivity contribution is 8.14. The first-order valence-electron chi connectivity index (χ1n) is 4.75. The molecule has 0 aromatic heterocycles. The van der Waals surface area contributed by atoms with Gasteiger partial charge in [0.1, 0.15) is 16.5 Å². The van der Waals surface area contributed by atoms with E-state index in [2.05, 4.69) is 4.99 Å². The molecule has 2 rings (SSSR count). The van der Waals surface area contributed by atoms with Gasteiger partial charge in [-0.05, 0) is 12.1 Å². The van der Waals surface area contributed by atoms with Crippen molar-refractivity contribution in [2.45, 2.75) is 0 Å². The normalized spacial score (nSPS) is 14.9. The highest BCUT2D eigenvalue weighted by Crippen LogP contribution is 2.30. The number of ether oxygens (including phenoxy) is 2. The molecule has 1 aliphatic heterocycles. The largest absolute Gasteiger partial charge is 0.497 e. The monoisotopic (exact) mass is 223 g/mol. The van der Waals surface area contributed by atoms with Crippen LogP contribution in [0, 0.1) is 0 Å². The SMILES string of the molecule is COc1ccc(C2=NCCS2)c(OC)c1. The molecule has 0 radical (unpaired) electrons. The average Bonchev–Trinajstić information content (AvgIpc) is 2.81. The van der Waals surface area contributed by atoms with Crippen LogP contribution in [0.2, 0.25) is 0 Å². The molecule has 0 spiro atoms. The van der Waals surface area contributed by atoms with Crippen LogP contribution in [-0.2, 0) is 0 Å². The average molecular weight is 223 g/mol. The van der Waals surface area contributed by atoms with Crippen molar-refractivity contribution in [2.24, 2.45) is 4.99 Å². The first-order chi connectivity index (χ1) is 7.35. The van der Waals surface area contributed by atoms with Gasteiger partial charge in [0.25, 0.3) is 0 Å². The molecule has 0 fully saturated rings. The maximum atomic E-state index is 5.33. The Bertz CT molecular complexity index is 390. The molecule has 0 atom stereocenters. The number of methoxy groups -OCH3 is 2. The summed E-state index contributed by atoms with van der Waals surface area (Å²) in [6.45, 7) is 0.898. The van der Waals surface area contributed by atoms with Crippen LogP contribution in [0.4, 0.5) is 0 Å². The van der Waals surface area contributed by atoms with Gasteiger partial charge in [-0.2, -0.15) is 0 Å². The molecule has 4 heteroatoms. The fourth-order valence-corrected chi connectivity index (χ4v) is 2.36. The summed E-state index contributed by atoms with van der Waals surface area (Å²) in [6.07, 6.45) is 0. The molecule has 0 unspecified atom stereocenters. The van der Waals surface area contributed by atoms with Crippen LogP contribution in [0.1, 0.15) is 5.56 Å². The van der Waals surface area contributed by atoms with Crippen molar-refractivity contribution in [1.82, 2.24) is 0 Å². The van der Waals surface area contributed by atoms with Gasteiger partial charge in [-0.15, -0.1) is 11.8 Å². The number of rotatable bonds is 3. The fourth-order valence-electron chi connectivity index (χ4n) is 1.47. The molecule has 15 heavy (non-hydrogen) atoms. The maximum absolute atomic E-state index is 5.33. The maximum Gasteiger partial charge on any atom is 0.132 e. The highest BCUT2D eigenvalue weighted by Gasteiger charge is 2.14. The van der Waals surface area contributed by atoms with E-state index in [1.165, 1.54) is 0 Å². The van der Waals surface area contributed by atoms with Gasteiger partial charge in [-0.3, -0.25) is 4.99 Å². The molecule has 1 aliphatic rings. The lowest BCUT2D eigenvalue weighted by Crippen LogP contribution is -1.97. The zero-order valence-corrected chi connectivity index (χ0v) is 9.63. The third kappa shape index (κ3) is 2.09. The predicted octanol–water partition coefficient (Wildman–Crippen LogP) is 2.20. The van der Waals surface area contributed by atoms with Crippen molar-refractivity contribution < 1.29 is 9.47 Å². The van der Waals surface area contributed by atoms with Crippen molar-refractivity contribution in [2.75, 3.05) is 26.5 Å². The van der Waals surface area contributed by atoms with Crippen LogP contribution >= 0.6 is 11.8 Å². The Morgan fingerprint density at radius 2 is 2.13 bits per heavy atom. The van der Waals surface area contributed by atoms with Gasteiger partial charge in [-0.25, -0.2) is 0 Å². The highest BCUT2D eigenvalue weighted by atomic mass is 32.2. The number of nitrogens with zero attached hydrogens (tertiary/aromatic N) is 1. The topological polar surface area (TPSA) is 30.8 Å². The summed E-state index contributed by atoms with van der Waals surface area (Å²) in [4.78, 5) is 4.43.